The number of likely N-dealkylation sites (N-methyl/N-ethyl adjacent to an activating group) is 1. The summed E-state index contributed by atoms with van der Waals surface area (Å²) in [5, 5.41) is 5.79. The summed E-state index contributed by atoms with van der Waals surface area (Å²) in [4.78, 5) is 25.7. The molecule has 6 nitrogen and oxygen atoms in total. The molecule has 1 atom stereocenters. The summed E-state index contributed by atoms with van der Waals surface area (Å²) in [5.74, 6) is -0.186. The van der Waals surface area contributed by atoms with Crippen molar-refractivity contribution in [2.24, 2.45) is 0 Å². The Morgan fingerprint density at radius 2 is 1.84 bits per heavy atom. The van der Waals surface area contributed by atoms with E-state index in [0.717, 1.165) is 12.0 Å². The van der Waals surface area contributed by atoms with E-state index in [1.807, 2.05) is 13.0 Å². The van der Waals surface area contributed by atoms with E-state index in [4.69, 9.17) is 4.74 Å². The van der Waals surface area contributed by atoms with Crippen molar-refractivity contribution < 1.29 is 14.3 Å². The zero-order chi connectivity index (χ0) is 18.8. The number of carbonyl (C=O) groups excluding carboxylic acids is 2. The van der Waals surface area contributed by atoms with Gasteiger partial charge >= 0.3 is 0 Å². The Labute approximate surface area is 150 Å². The SMILES string of the molecule is COCCCNC(=O)CN(C)CC(=O)N[C@H](C)c1ccc(C)c(C)c1. The van der Waals surface area contributed by atoms with Crippen LogP contribution in [0.4, 0.5) is 0 Å². The number of carbonyl (C=O) groups is 2. The van der Waals surface area contributed by atoms with E-state index >= 15 is 0 Å². The third kappa shape index (κ3) is 8.14. The zero-order valence-electron chi connectivity index (χ0n) is 16.0. The van der Waals surface area contributed by atoms with Gasteiger partial charge in [0.05, 0.1) is 19.1 Å². The van der Waals surface area contributed by atoms with Gasteiger partial charge in [-0.05, 0) is 50.9 Å². The minimum atomic E-state index is -0.0968. The number of nitrogens with zero attached hydrogens (tertiary/aromatic N) is 1. The maximum absolute atomic E-state index is 12.2. The summed E-state index contributed by atoms with van der Waals surface area (Å²) in [6.45, 7) is 7.67. The molecule has 25 heavy (non-hydrogen) atoms. The number of hydrogen-bond donors (Lipinski definition) is 2. The number of rotatable bonds is 10. The number of hydrogen-bond acceptors (Lipinski definition) is 4. The maximum atomic E-state index is 12.2. The van der Waals surface area contributed by atoms with Gasteiger partial charge in [0.25, 0.3) is 0 Å². The van der Waals surface area contributed by atoms with Gasteiger partial charge in [0, 0.05) is 20.3 Å². The lowest BCUT2D eigenvalue weighted by molar-refractivity contribution is -0.124. The molecule has 140 valence electrons. The molecule has 0 heterocycles. The van der Waals surface area contributed by atoms with Crippen LogP contribution in [0, 0.1) is 13.8 Å². The summed E-state index contributed by atoms with van der Waals surface area (Å²) in [7, 11) is 3.39. The van der Waals surface area contributed by atoms with Gasteiger partial charge in [-0.25, -0.2) is 0 Å². The van der Waals surface area contributed by atoms with Crippen LogP contribution >= 0.6 is 0 Å². The van der Waals surface area contributed by atoms with Gasteiger partial charge in [-0.3, -0.25) is 14.5 Å². The highest BCUT2D eigenvalue weighted by molar-refractivity contribution is 5.81. The van der Waals surface area contributed by atoms with E-state index in [9.17, 15) is 9.59 Å². The van der Waals surface area contributed by atoms with Crippen molar-refractivity contribution in [3.05, 3.63) is 34.9 Å². The van der Waals surface area contributed by atoms with E-state index in [-0.39, 0.29) is 30.9 Å². The van der Waals surface area contributed by atoms with Crippen molar-refractivity contribution in [2.45, 2.75) is 33.2 Å². The fraction of sp³-hybridized carbons (Fsp3) is 0.579. The number of amides is 2. The lowest BCUT2D eigenvalue weighted by Gasteiger charge is -2.19. The average molecular weight is 349 g/mol. The van der Waals surface area contributed by atoms with Gasteiger partial charge in [0.15, 0.2) is 0 Å². The highest BCUT2D eigenvalue weighted by Crippen LogP contribution is 2.16. The Morgan fingerprint density at radius 1 is 1.16 bits per heavy atom. The van der Waals surface area contributed by atoms with Crippen LogP contribution in [0.2, 0.25) is 0 Å². The number of aryl methyl sites for hydroxylation is 2. The second kappa shape index (κ2) is 10.8. The normalized spacial score (nSPS) is 12.1. The second-order valence-electron chi connectivity index (χ2n) is 6.50. The molecule has 0 spiro atoms. The number of methoxy groups -OCH3 is 1. The van der Waals surface area contributed by atoms with Crippen LogP contribution in [0.3, 0.4) is 0 Å². The van der Waals surface area contributed by atoms with Gasteiger partial charge in [-0.1, -0.05) is 18.2 Å². The van der Waals surface area contributed by atoms with Gasteiger partial charge in [0.2, 0.25) is 11.8 Å². The van der Waals surface area contributed by atoms with Crippen LogP contribution in [0.5, 0.6) is 0 Å². The Balaban J connectivity index is 2.37. The average Bonchev–Trinajstić information content (AvgIpc) is 2.53. The molecule has 0 aliphatic carbocycles. The molecule has 2 N–H and O–H groups in total. The first kappa shape index (κ1) is 21.1. The van der Waals surface area contributed by atoms with Crippen LogP contribution in [0.15, 0.2) is 18.2 Å². The molecule has 6 heteroatoms. The first-order chi connectivity index (χ1) is 11.8. The smallest absolute Gasteiger partial charge is 0.234 e. The Hall–Kier alpha value is -1.92. The van der Waals surface area contributed by atoms with Crippen LogP contribution in [-0.4, -0.2) is 57.1 Å². The van der Waals surface area contributed by atoms with E-state index in [0.29, 0.717) is 13.2 Å². The predicted molar refractivity (Wildman–Crippen MR) is 99.5 cm³/mol. The highest BCUT2D eigenvalue weighted by Gasteiger charge is 2.14. The molecule has 0 radical (unpaired) electrons. The standard InChI is InChI=1S/C19H31N3O3/c1-14-7-8-17(11-15(14)2)16(3)21-19(24)13-22(4)12-18(23)20-9-6-10-25-5/h7-8,11,16H,6,9-10,12-13H2,1-5H3,(H,20,23)(H,21,24)/t16-/m1/s1. The quantitative estimate of drug-likeness (QED) is 0.629. The first-order valence-corrected chi connectivity index (χ1v) is 8.64. The van der Waals surface area contributed by atoms with E-state index in [2.05, 4.69) is 36.6 Å². The summed E-state index contributed by atoms with van der Waals surface area (Å²) >= 11 is 0. The van der Waals surface area contributed by atoms with Crippen molar-refractivity contribution in [2.75, 3.05) is 40.4 Å². The fourth-order valence-corrected chi connectivity index (χ4v) is 2.45. The molecular formula is C19H31N3O3. The molecule has 0 bridgehead atoms. The van der Waals surface area contributed by atoms with Gasteiger partial charge in [-0.2, -0.15) is 0 Å². The van der Waals surface area contributed by atoms with Gasteiger partial charge in [0.1, 0.15) is 0 Å². The van der Waals surface area contributed by atoms with E-state index in [1.54, 1.807) is 19.1 Å². The van der Waals surface area contributed by atoms with Crippen LogP contribution in [0.1, 0.15) is 36.1 Å². The summed E-state index contributed by atoms with van der Waals surface area (Å²) < 4.78 is 4.93. The van der Waals surface area contributed by atoms with Gasteiger partial charge in [-0.15, -0.1) is 0 Å². The van der Waals surface area contributed by atoms with Crippen molar-refractivity contribution in [1.29, 1.82) is 0 Å². The molecule has 0 aliphatic heterocycles. The lowest BCUT2D eigenvalue weighted by atomic mass is 10.0. The molecule has 0 aliphatic rings. The third-order valence-corrected chi connectivity index (χ3v) is 4.08. The molecule has 0 unspecified atom stereocenters. The summed E-state index contributed by atoms with van der Waals surface area (Å²) in [6.07, 6.45) is 0.778. The Bertz CT molecular complexity index is 575. The lowest BCUT2D eigenvalue weighted by Crippen LogP contribution is -2.41. The van der Waals surface area contributed by atoms with Crippen molar-refractivity contribution >= 4 is 11.8 Å². The molecule has 0 saturated carbocycles. The van der Waals surface area contributed by atoms with E-state index < -0.39 is 0 Å². The monoisotopic (exact) mass is 349 g/mol. The van der Waals surface area contributed by atoms with Gasteiger partial charge < -0.3 is 15.4 Å². The Morgan fingerprint density at radius 3 is 2.48 bits per heavy atom. The number of nitrogens with one attached hydrogen (secondary N) is 2. The number of benzene rings is 1. The topological polar surface area (TPSA) is 70.7 Å². The minimum Gasteiger partial charge on any atom is -0.385 e. The molecular weight excluding hydrogens is 318 g/mol. The third-order valence-electron chi connectivity index (χ3n) is 4.08. The first-order valence-electron chi connectivity index (χ1n) is 8.64. The molecule has 1 aromatic carbocycles. The van der Waals surface area contributed by atoms with Crippen molar-refractivity contribution in [1.82, 2.24) is 15.5 Å². The Kier molecular flexibility index (Phi) is 9.16. The largest absolute Gasteiger partial charge is 0.385 e. The highest BCUT2D eigenvalue weighted by atomic mass is 16.5. The zero-order valence-corrected chi connectivity index (χ0v) is 16.0. The second-order valence-corrected chi connectivity index (χ2v) is 6.50. The number of ether oxygens (including phenoxy) is 1. The van der Waals surface area contributed by atoms with Crippen molar-refractivity contribution in [3.8, 4) is 0 Å². The van der Waals surface area contributed by atoms with Crippen LogP contribution in [-0.2, 0) is 14.3 Å². The molecule has 2 amide bonds. The minimum absolute atomic E-state index is 0.0666. The molecule has 0 fully saturated rings. The van der Waals surface area contributed by atoms with Crippen LogP contribution < -0.4 is 10.6 Å². The molecule has 0 saturated heterocycles. The van der Waals surface area contributed by atoms with Crippen LogP contribution in [0.25, 0.3) is 0 Å². The predicted octanol–water partition coefficient (Wildman–Crippen LogP) is 1.57. The fourth-order valence-electron chi connectivity index (χ4n) is 2.45. The summed E-state index contributed by atoms with van der Waals surface area (Å²) in [5.41, 5.74) is 3.52. The maximum Gasteiger partial charge on any atom is 0.234 e. The molecule has 1 rings (SSSR count). The molecule has 0 aromatic heterocycles. The van der Waals surface area contributed by atoms with Crippen molar-refractivity contribution in [3.63, 3.8) is 0 Å². The molecule has 1 aromatic rings. The summed E-state index contributed by atoms with van der Waals surface area (Å²) in [6, 6.07) is 6.12. The van der Waals surface area contributed by atoms with E-state index in [1.165, 1.54) is 11.1 Å².